The van der Waals surface area contributed by atoms with E-state index in [1.165, 1.54) is 6.07 Å². The second-order valence-electron chi connectivity index (χ2n) is 6.11. The van der Waals surface area contributed by atoms with Gasteiger partial charge in [-0.3, -0.25) is 4.98 Å². The van der Waals surface area contributed by atoms with E-state index in [1.54, 1.807) is 30.5 Å². The van der Waals surface area contributed by atoms with Gasteiger partial charge < -0.3 is 10.8 Å². The van der Waals surface area contributed by atoms with Gasteiger partial charge in [0, 0.05) is 11.8 Å². The molecule has 2 atom stereocenters. The van der Waals surface area contributed by atoms with E-state index in [2.05, 4.69) is 4.98 Å². The lowest BCUT2D eigenvalue weighted by Gasteiger charge is -2.22. The lowest BCUT2D eigenvalue weighted by molar-refractivity contribution is 0.146. The van der Waals surface area contributed by atoms with Crippen LogP contribution in [-0.4, -0.2) is 10.1 Å². The predicted octanol–water partition coefficient (Wildman–Crippen LogP) is 5.24. The number of nitrogens with two attached hydrogens (primary N) is 1. The van der Waals surface area contributed by atoms with Gasteiger partial charge in [-0.2, -0.15) is 0 Å². The quantitative estimate of drug-likeness (QED) is 0.640. The van der Waals surface area contributed by atoms with E-state index in [0.29, 0.717) is 26.7 Å². The number of benzene rings is 2. The van der Waals surface area contributed by atoms with Crippen molar-refractivity contribution in [2.75, 3.05) is 0 Å². The molecule has 3 rings (SSSR count). The number of pyridine rings is 1. The van der Waals surface area contributed by atoms with Gasteiger partial charge in [-0.05, 0) is 47.4 Å². The molecule has 0 aliphatic rings. The molecule has 0 unspecified atom stereocenters. The SMILES string of the molecule is Cc1cc(-c2cncc(F)c2)ccc1[C@H](O)[C@H](N)c1ccc(Cl)c(Cl)c1. The first-order valence-corrected chi connectivity index (χ1v) is 8.72. The van der Waals surface area contributed by atoms with Crippen LogP contribution in [0.25, 0.3) is 11.1 Å². The van der Waals surface area contributed by atoms with Gasteiger partial charge in [0.05, 0.1) is 28.4 Å². The van der Waals surface area contributed by atoms with Crippen LogP contribution < -0.4 is 5.73 Å². The maximum absolute atomic E-state index is 13.4. The topological polar surface area (TPSA) is 59.1 Å². The molecule has 0 fully saturated rings. The lowest BCUT2D eigenvalue weighted by atomic mass is 9.92. The van der Waals surface area contributed by atoms with E-state index in [4.69, 9.17) is 28.9 Å². The van der Waals surface area contributed by atoms with Crippen molar-refractivity contribution in [3.8, 4) is 11.1 Å². The van der Waals surface area contributed by atoms with Crippen molar-refractivity contribution in [1.29, 1.82) is 0 Å². The highest BCUT2D eigenvalue weighted by molar-refractivity contribution is 6.42. The van der Waals surface area contributed by atoms with Crippen LogP contribution >= 0.6 is 23.2 Å². The van der Waals surface area contributed by atoms with Gasteiger partial charge in [0.15, 0.2) is 0 Å². The molecule has 0 bridgehead atoms. The van der Waals surface area contributed by atoms with Gasteiger partial charge in [0.2, 0.25) is 0 Å². The summed E-state index contributed by atoms with van der Waals surface area (Å²) >= 11 is 12.0. The summed E-state index contributed by atoms with van der Waals surface area (Å²) in [5.74, 6) is -0.397. The number of aryl methyl sites for hydroxylation is 1. The van der Waals surface area contributed by atoms with E-state index >= 15 is 0 Å². The van der Waals surface area contributed by atoms with Gasteiger partial charge in [-0.25, -0.2) is 4.39 Å². The molecule has 2 aromatic carbocycles. The number of hydrogen-bond donors (Lipinski definition) is 2. The molecule has 3 aromatic rings. The molecule has 3 N–H and O–H groups in total. The molecule has 0 radical (unpaired) electrons. The van der Waals surface area contributed by atoms with E-state index in [0.717, 1.165) is 17.3 Å². The average molecular weight is 391 g/mol. The molecule has 0 aliphatic heterocycles. The van der Waals surface area contributed by atoms with E-state index in [-0.39, 0.29) is 0 Å². The van der Waals surface area contributed by atoms with Crippen molar-refractivity contribution in [3.05, 3.63) is 87.4 Å². The number of aromatic nitrogens is 1. The van der Waals surface area contributed by atoms with Crippen LogP contribution in [0.4, 0.5) is 4.39 Å². The first kappa shape index (κ1) is 18.8. The molecule has 1 heterocycles. The average Bonchev–Trinajstić information content (AvgIpc) is 2.62. The zero-order chi connectivity index (χ0) is 18.8. The fourth-order valence-electron chi connectivity index (χ4n) is 2.85. The summed E-state index contributed by atoms with van der Waals surface area (Å²) in [7, 11) is 0. The maximum atomic E-state index is 13.4. The number of halogens is 3. The Labute approximate surface area is 161 Å². The van der Waals surface area contributed by atoms with Crippen LogP contribution in [0.5, 0.6) is 0 Å². The van der Waals surface area contributed by atoms with Crippen LogP contribution in [0, 0.1) is 12.7 Å². The zero-order valence-corrected chi connectivity index (χ0v) is 15.5. The second kappa shape index (κ2) is 7.72. The molecule has 6 heteroatoms. The summed E-state index contributed by atoms with van der Waals surface area (Å²) in [4.78, 5) is 3.86. The van der Waals surface area contributed by atoms with Crippen molar-refractivity contribution in [3.63, 3.8) is 0 Å². The molecule has 1 aromatic heterocycles. The highest BCUT2D eigenvalue weighted by Gasteiger charge is 2.21. The monoisotopic (exact) mass is 390 g/mol. The summed E-state index contributed by atoms with van der Waals surface area (Å²) in [6.45, 7) is 1.87. The minimum absolute atomic E-state index is 0.387. The number of rotatable bonds is 4. The molecular weight excluding hydrogens is 374 g/mol. The minimum atomic E-state index is -0.924. The van der Waals surface area contributed by atoms with E-state index in [1.807, 2.05) is 19.1 Å². The largest absolute Gasteiger partial charge is 0.386 e. The van der Waals surface area contributed by atoms with Crippen molar-refractivity contribution in [2.24, 2.45) is 5.73 Å². The van der Waals surface area contributed by atoms with E-state index < -0.39 is 18.0 Å². The van der Waals surface area contributed by atoms with Gasteiger partial charge >= 0.3 is 0 Å². The smallest absolute Gasteiger partial charge is 0.142 e. The van der Waals surface area contributed by atoms with Crippen LogP contribution in [-0.2, 0) is 0 Å². The van der Waals surface area contributed by atoms with Crippen LogP contribution in [0.15, 0.2) is 54.9 Å². The van der Waals surface area contributed by atoms with Gasteiger partial charge in [-0.15, -0.1) is 0 Å². The number of aliphatic hydroxyl groups is 1. The molecule has 0 saturated carbocycles. The standard InChI is InChI=1S/C20H17Cl2FN2O/c1-11-6-12(14-7-15(23)10-25-9-14)2-4-16(11)20(26)19(24)13-3-5-17(21)18(22)8-13/h2-10,19-20,26H,24H2,1H3/t19-,20+/m1/s1. The van der Waals surface area contributed by atoms with Gasteiger partial charge in [-0.1, -0.05) is 47.5 Å². The third-order valence-electron chi connectivity index (χ3n) is 4.30. The zero-order valence-electron chi connectivity index (χ0n) is 14.0. The molecule has 0 aliphatic carbocycles. The Morgan fingerprint density at radius 3 is 2.42 bits per heavy atom. The molecule has 134 valence electrons. The van der Waals surface area contributed by atoms with Crippen molar-refractivity contribution < 1.29 is 9.50 Å². The third kappa shape index (κ3) is 3.89. The van der Waals surface area contributed by atoms with Crippen LogP contribution in [0.3, 0.4) is 0 Å². The third-order valence-corrected chi connectivity index (χ3v) is 5.03. The summed E-state index contributed by atoms with van der Waals surface area (Å²) in [5.41, 5.74) is 9.92. The summed E-state index contributed by atoms with van der Waals surface area (Å²) < 4.78 is 13.4. The van der Waals surface area contributed by atoms with Crippen LogP contribution in [0.1, 0.15) is 28.8 Å². The second-order valence-corrected chi connectivity index (χ2v) is 6.92. The van der Waals surface area contributed by atoms with Crippen LogP contribution in [0.2, 0.25) is 10.0 Å². The minimum Gasteiger partial charge on any atom is -0.386 e. The Kier molecular flexibility index (Phi) is 5.58. The molecule has 0 amide bonds. The number of hydrogen-bond acceptors (Lipinski definition) is 3. The molecule has 0 spiro atoms. The summed E-state index contributed by atoms with van der Waals surface area (Å²) in [6, 6.07) is 11.3. The van der Waals surface area contributed by atoms with Crippen molar-refractivity contribution in [2.45, 2.75) is 19.1 Å². The Bertz CT molecular complexity index is 949. The first-order valence-electron chi connectivity index (χ1n) is 7.97. The Morgan fingerprint density at radius 2 is 1.77 bits per heavy atom. The summed E-state index contributed by atoms with van der Waals surface area (Å²) in [6.07, 6.45) is 1.83. The Morgan fingerprint density at radius 1 is 1.00 bits per heavy atom. The molecule has 3 nitrogen and oxygen atoms in total. The van der Waals surface area contributed by atoms with Crippen molar-refractivity contribution in [1.82, 2.24) is 4.98 Å². The predicted molar refractivity (Wildman–Crippen MR) is 103 cm³/mol. The molecule has 0 saturated heterocycles. The van der Waals surface area contributed by atoms with Crippen molar-refractivity contribution >= 4 is 23.2 Å². The Balaban J connectivity index is 1.89. The van der Waals surface area contributed by atoms with Gasteiger partial charge in [0.1, 0.15) is 5.82 Å². The normalized spacial score (nSPS) is 13.5. The van der Waals surface area contributed by atoms with Gasteiger partial charge in [0.25, 0.3) is 0 Å². The highest BCUT2D eigenvalue weighted by Crippen LogP contribution is 2.33. The Hall–Kier alpha value is -1.98. The van der Waals surface area contributed by atoms with E-state index in [9.17, 15) is 9.50 Å². The number of aliphatic hydroxyl groups excluding tert-OH is 1. The highest BCUT2D eigenvalue weighted by atomic mass is 35.5. The molecule has 26 heavy (non-hydrogen) atoms. The summed E-state index contributed by atoms with van der Waals surface area (Å²) in [5, 5.41) is 11.5. The fourth-order valence-corrected chi connectivity index (χ4v) is 3.16. The molecular formula is C20H17Cl2FN2O. The number of nitrogens with zero attached hydrogens (tertiary/aromatic N) is 1. The first-order chi connectivity index (χ1) is 12.4. The fraction of sp³-hybridized carbons (Fsp3) is 0.150. The lowest BCUT2D eigenvalue weighted by Crippen LogP contribution is -2.20. The maximum Gasteiger partial charge on any atom is 0.142 e.